The first kappa shape index (κ1) is 20.3. The Morgan fingerprint density at radius 2 is 1.93 bits per heavy atom. The summed E-state index contributed by atoms with van der Waals surface area (Å²) >= 11 is 0. The van der Waals surface area contributed by atoms with Gasteiger partial charge in [-0.1, -0.05) is 18.2 Å². The molecule has 30 heavy (non-hydrogen) atoms. The van der Waals surface area contributed by atoms with Gasteiger partial charge in [-0.3, -0.25) is 4.79 Å². The molecule has 0 amide bonds. The number of ether oxygens (including phenoxy) is 2. The molecule has 0 saturated carbocycles. The quantitative estimate of drug-likeness (QED) is 0.697. The summed E-state index contributed by atoms with van der Waals surface area (Å²) in [4.78, 5) is 26.1. The number of carbonyl (C=O) groups excluding carboxylic acids is 2. The minimum Gasteiger partial charge on any atom is -0.469 e. The minimum absolute atomic E-state index is 0.192. The lowest BCUT2D eigenvalue weighted by atomic mass is 9.98. The number of rotatable bonds is 4. The van der Waals surface area contributed by atoms with E-state index >= 15 is 0 Å². The molecule has 2 aromatic carbocycles. The molecule has 0 aliphatic carbocycles. The second-order valence-electron chi connectivity index (χ2n) is 7.52. The Morgan fingerprint density at radius 3 is 2.60 bits per heavy atom. The van der Waals surface area contributed by atoms with Crippen LogP contribution in [0, 0.1) is 5.92 Å². The Hall–Kier alpha value is -3.03. The Kier molecular flexibility index (Phi) is 5.17. The van der Waals surface area contributed by atoms with E-state index in [0.29, 0.717) is 42.6 Å². The molecule has 2 atom stereocenters. The summed E-state index contributed by atoms with van der Waals surface area (Å²) in [5.74, 6) is -0.884. The topological polar surface area (TPSA) is 55.8 Å². The van der Waals surface area contributed by atoms with Gasteiger partial charge < -0.3 is 14.4 Å². The van der Waals surface area contributed by atoms with Crippen LogP contribution in [0.2, 0.25) is 0 Å². The molecular formula is C22H20F3NO4. The van der Waals surface area contributed by atoms with Crippen LogP contribution < -0.4 is 4.90 Å². The van der Waals surface area contributed by atoms with Gasteiger partial charge in [0.1, 0.15) is 6.10 Å². The summed E-state index contributed by atoms with van der Waals surface area (Å²) in [6.07, 6.45) is -3.95. The van der Waals surface area contributed by atoms with Crippen molar-refractivity contribution in [1.82, 2.24) is 0 Å². The Labute approximate surface area is 171 Å². The van der Waals surface area contributed by atoms with Crippen molar-refractivity contribution in [2.45, 2.75) is 25.1 Å². The largest absolute Gasteiger partial charge is 0.469 e. The zero-order chi connectivity index (χ0) is 21.5. The predicted molar refractivity (Wildman–Crippen MR) is 102 cm³/mol. The van der Waals surface area contributed by atoms with Crippen LogP contribution >= 0.6 is 0 Å². The first-order chi connectivity index (χ1) is 14.3. The van der Waals surface area contributed by atoms with E-state index in [4.69, 9.17) is 9.47 Å². The number of hydrogen-bond donors (Lipinski definition) is 0. The molecule has 0 bridgehead atoms. The summed E-state index contributed by atoms with van der Waals surface area (Å²) in [5.41, 5.74) is 1.93. The standard InChI is InChI=1S/C22H20F3NO4/c1-29-20(27)14-8-9-26(12-14)16-6-7-17-18(11-16)21(28)30-19(17)10-13-2-4-15(5-3-13)22(23,24)25/h2-7,11,14,19H,8-10,12H2,1H3/t14-,19?/m1/s1. The normalized spacial score (nSPS) is 20.8. The van der Waals surface area contributed by atoms with Gasteiger partial charge in [-0.25, -0.2) is 4.79 Å². The molecule has 8 heteroatoms. The molecule has 2 heterocycles. The number of carbonyl (C=O) groups is 2. The van der Waals surface area contributed by atoms with Crippen molar-refractivity contribution in [2.24, 2.45) is 5.92 Å². The number of fused-ring (bicyclic) bond motifs is 1. The molecular weight excluding hydrogens is 399 g/mol. The number of anilines is 1. The Bertz CT molecular complexity index is 971. The molecule has 4 rings (SSSR count). The first-order valence-corrected chi connectivity index (χ1v) is 9.60. The van der Waals surface area contributed by atoms with Gasteiger partial charge in [0.2, 0.25) is 0 Å². The maximum atomic E-state index is 12.7. The van der Waals surface area contributed by atoms with E-state index in [9.17, 15) is 22.8 Å². The van der Waals surface area contributed by atoms with Gasteiger partial charge in [-0.2, -0.15) is 13.2 Å². The van der Waals surface area contributed by atoms with Crippen LogP contribution in [0.5, 0.6) is 0 Å². The highest BCUT2D eigenvalue weighted by molar-refractivity contribution is 5.95. The maximum Gasteiger partial charge on any atom is 0.416 e. The van der Waals surface area contributed by atoms with Crippen molar-refractivity contribution in [3.8, 4) is 0 Å². The van der Waals surface area contributed by atoms with Crippen molar-refractivity contribution >= 4 is 17.6 Å². The number of nitrogens with zero attached hydrogens (tertiary/aromatic N) is 1. The van der Waals surface area contributed by atoms with Crippen molar-refractivity contribution in [1.29, 1.82) is 0 Å². The van der Waals surface area contributed by atoms with Crippen LogP contribution in [-0.2, 0) is 26.9 Å². The van der Waals surface area contributed by atoms with Crippen LogP contribution in [0.3, 0.4) is 0 Å². The van der Waals surface area contributed by atoms with E-state index in [1.54, 1.807) is 6.07 Å². The number of hydrogen-bond acceptors (Lipinski definition) is 5. The fraction of sp³-hybridized carbons (Fsp3) is 0.364. The molecule has 0 spiro atoms. The molecule has 0 N–H and O–H groups in total. The van der Waals surface area contributed by atoms with Crippen LogP contribution in [-0.4, -0.2) is 32.1 Å². The van der Waals surface area contributed by atoms with E-state index in [2.05, 4.69) is 0 Å². The number of benzene rings is 2. The van der Waals surface area contributed by atoms with Gasteiger partial charge in [0.15, 0.2) is 0 Å². The third-order valence-corrected chi connectivity index (χ3v) is 5.64. The van der Waals surface area contributed by atoms with Gasteiger partial charge in [-0.15, -0.1) is 0 Å². The smallest absolute Gasteiger partial charge is 0.416 e. The van der Waals surface area contributed by atoms with E-state index in [1.807, 2.05) is 17.0 Å². The molecule has 5 nitrogen and oxygen atoms in total. The molecule has 2 aliphatic rings. The number of esters is 2. The van der Waals surface area contributed by atoms with E-state index in [-0.39, 0.29) is 11.9 Å². The SMILES string of the molecule is COC(=O)[C@@H]1CCN(c2ccc3c(c2)C(=O)OC3Cc2ccc(C(F)(F)F)cc2)C1. The van der Waals surface area contributed by atoms with Crippen LogP contribution in [0.25, 0.3) is 0 Å². The molecule has 2 aliphatic heterocycles. The van der Waals surface area contributed by atoms with Crippen molar-refractivity contribution in [3.63, 3.8) is 0 Å². The van der Waals surface area contributed by atoms with Gasteiger partial charge in [0.05, 0.1) is 24.2 Å². The fourth-order valence-corrected chi connectivity index (χ4v) is 4.00. The molecule has 1 unspecified atom stereocenters. The van der Waals surface area contributed by atoms with Crippen LogP contribution in [0.4, 0.5) is 18.9 Å². The molecule has 1 fully saturated rings. The average Bonchev–Trinajstić information content (AvgIpc) is 3.33. The van der Waals surface area contributed by atoms with Gasteiger partial charge in [0.25, 0.3) is 0 Å². The highest BCUT2D eigenvalue weighted by atomic mass is 19.4. The molecule has 0 radical (unpaired) electrons. The predicted octanol–water partition coefficient (Wildman–Crippen LogP) is 4.16. The summed E-state index contributed by atoms with van der Waals surface area (Å²) in [6.45, 7) is 1.21. The van der Waals surface area contributed by atoms with Crippen LogP contribution in [0.1, 0.15) is 39.6 Å². The minimum atomic E-state index is -4.39. The number of alkyl halides is 3. The summed E-state index contributed by atoms with van der Waals surface area (Å²) in [7, 11) is 1.37. The lowest BCUT2D eigenvalue weighted by Gasteiger charge is -2.19. The number of cyclic esters (lactones) is 1. The molecule has 158 valence electrons. The number of methoxy groups -OCH3 is 1. The third kappa shape index (κ3) is 3.86. The van der Waals surface area contributed by atoms with E-state index in [1.165, 1.54) is 19.2 Å². The monoisotopic (exact) mass is 419 g/mol. The van der Waals surface area contributed by atoms with Crippen molar-refractivity contribution in [2.75, 3.05) is 25.1 Å². The average molecular weight is 419 g/mol. The lowest BCUT2D eigenvalue weighted by Crippen LogP contribution is -2.23. The number of halogens is 3. The van der Waals surface area contributed by atoms with Gasteiger partial charge in [0, 0.05) is 30.8 Å². The lowest BCUT2D eigenvalue weighted by molar-refractivity contribution is -0.144. The molecule has 0 aromatic heterocycles. The van der Waals surface area contributed by atoms with Crippen molar-refractivity contribution < 1.29 is 32.2 Å². The Balaban J connectivity index is 1.49. The maximum absolute atomic E-state index is 12.7. The van der Waals surface area contributed by atoms with E-state index < -0.39 is 23.8 Å². The summed E-state index contributed by atoms with van der Waals surface area (Å²) in [6, 6.07) is 10.3. The molecule has 1 saturated heterocycles. The Morgan fingerprint density at radius 1 is 1.20 bits per heavy atom. The zero-order valence-corrected chi connectivity index (χ0v) is 16.2. The molecule has 2 aromatic rings. The first-order valence-electron chi connectivity index (χ1n) is 9.60. The fourth-order valence-electron chi connectivity index (χ4n) is 4.00. The second kappa shape index (κ2) is 7.66. The summed E-state index contributed by atoms with van der Waals surface area (Å²) in [5, 5.41) is 0. The van der Waals surface area contributed by atoms with Gasteiger partial charge in [-0.05, 0) is 36.2 Å². The van der Waals surface area contributed by atoms with Crippen molar-refractivity contribution in [3.05, 3.63) is 64.7 Å². The zero-order valence-electron chi connectivity index (χ0n) is 16.2. The van der Waals surface area contributed by atoms with Gasteiger partial charge >= 0.3 is 18.1 Å². The summed E-state index contributed by atoms with van der Waals surface area (Å²) < 4.78 is 48.5. The van der Waals surface area contributed by atoms with Crippen LogP contribution in [0.15, 0.2) is 42.5 Å². The van der Waals surface area contributed by atoms with E-state index in [0.717, 1.165) is 17.8 Å². The second-order valence-corrected chi connectivity index (χ2v) is 7.52. The third-order valence-electron chi connectivity index (χ3n) is 5.64. The highest BCUT2D eigenvalue weighted by Crippen LogP contribution is 2.37. The highest BCUT2D eigenvalue weighted by Gasteiger charge is 2.34.